The summed E-state index contributed by atoms with van der Waals surface area (Å²) in [5, 5.41) is 10.3. The summed E-state index contributed by atoms with van der Waals surface area (Å²) in [6.07, 6.45) is 0. The van der Waals surface area contributed by atoms with Crippen LogP contribution in [0.25, 0.3) is 0 Å². The van der Waals surface area contributed by atoms with E-state index in [0.717, 1.165) is 5.69 Å². The van der Waals surface area contributed by atoms with E-state index in [0.29, 0.717) is 11.5 Å². The van der Waals surface area contributed by atoms with Gasteiger partial charge in [0.1, 0.15) is 0 Å². The molecular formula is C13H16N6O. The minimum absolute atomic E-state index is 0.223. The number of hydrazine groups is 1. The number of nitrogens with one attached hydrogen (secondary N) is 2. The Morgan fingerprint density at radius 2 is 1.80 bits per heavy atom. The molecule has 20 heavy (non-hydrogen) atoms. The van der Waals surface area contributed by atoms with Gasteiger partial charge in [0, 0.05) is 25.5 Å². The number of benzene rings is 1. The average Bonchev–Trinajstić information content (AvgIpc) is 2.48. The SMILES string of the molecule is CN(C)c1ccc(NC(=O)c2ccc(NN)nn2)cc1. The third-order valence-electron chi connectivity index (χ3n) is 2.69. The van der Waals surface area contributed by atoms with Crippen LogP contribution in [0.1, 0.15) is 10.5 Å². The van der Waals surface area contributed by atoms with Crippen LogP contribution in [0, 0.1) is 0 Å². The lowest BCUT2D eigenvalue weighted by Crippen LogP contribution is -2.16. The molecule has 7 heteroatoms. The molecule has 1 aromatic carbocycles. The van der Waals surface area contributed by atoms with Crippen molar-refractivity contribution in [2.45, 2.75) is 0 Å². The number of nitrogens with two attached hydrogens (primary N) is 1. The maximum absolute atomic E-state index is 12.0. The highest BCUT2D eigenvalue weighted by Crippen LogP contribution is 2.16. The highest BCUT2D eigenvalue weighted by atomic mass is 16.1. The quantitative estimate of drug-likeness (QED) is 0.569. The van der Waals surface area contributed by atoms with E-state index < -0.39 is 0 Å². The van der Waals surface area contributed by atoms with E-state index in [2.05, 4.69) is 20.9 Å². The Morgan fingerprint density at radius 1 is 1.10 bits per heavy atom. The lowest BCUT2D eigenvalue weighted by molar-refractivity contribution is 0.102. The molecule has 0 atom stereocenters. The summed E-state index contributed by atoms with van der Waals surface area (Å²) in [5.74, 6) is 5.26. The molecule has 0 spiro atoms. The van der Waals surface area contributed by atoms with Crippen molar-refractivity contribution < 1.29 is 4.79 Å². The van der Waals surface area contributed by atoms with Crippen molar-refractivity contribution in [3.8, 4) is 0 Å². The van der Waals surface area contributed by atoms with Crippen molar-refractivity contribution in [1.82, 2.24) is 10.2 Å². The van der Waals surface area contributed by atoms with Crippen LogP contribution >= 0.6 is 0 Å². The number of amides is 1. The summed E-state index contributed by atoms with van der Waals surface area (Å²) in [4.78, 5) is 13.9. The average molecular weight is 272 g/mol. The van der Waals surface area contributed by atoms with Gasteiger partial charge in [-0.15, -0.1) is 10.2 Å². The zero-order valence-corrected chi connectivity index (χ0v) is 11.3. The fourth-order valence-corrected chi connectivity index (χ4v) is 1.57. The molecule has 0 unspecified atom stereocenters. The lowest BCUT2D eigenvalue weighted by atomic mass is 10.2. The highest BCUT2D eigenvalue weighted by molar-refractivity contribution is 6.02. The summed E-state index contributed by atoms with van der Waals surface area (Å²) in [7, 11) is 3.91. The van der Waals surface area contributed by atoms with Crippen LogP contribution in [0.4, 0.5) is 17.2 Å². The predicted molar refractivity (Wildman–Crippen MR) is 78.6 cm³/mol. The molecule has 0 aliphatic carbocycles. The number of carbonyl (C=O) groups excluding carboxylic acids is 1. The fraction of sp³-hybridized carbons (Fsp3) is 0.154. The minimum Gasteiger partial charge on any atom is -0.378 e. The number of rotatable bonds is 4. The first-order chi connectivity index (χ1) is 9.60. The summed E-state index contributed by atoms with van der Waals surface area (Å²) in [6, 6.07) is 10.6. The molecule has 0 saturated heterocycles. The number of hydrogen-bond acceptors (Lipinski definition) is 6. The minimum atomic E-state index is -0.321. The normalized spacial score (nSPS) is 9.95. The number of nitrogens with zero attached hydrogens (tertiary/aromatic N) is 3. The molecule has 104 valence electrons. The van der Waals surface area contributed by atoms with E-state index in [1.54, 1.807) is 12.1 Å². The predicted octanol–water partition coefficient (Wildman–Crippen LogP) is 1.08. The van der Waals surface area contributed by atoms with Gasteiger partial charge >= 0.3 is 0 Å². The van der Waals surface area contributed by atoms with Crippen molar-refractivity contribution in [1.29, 1.82) is 0 Å². The molecule has 1 heterocycles. The zero-order valence-electron chi connectivity index (χ0n) is 11.3. The van der Waals surface area contributed by atoms with E-state index in [1.165, 1.54) is 0 Å². The first kappa shape index (κ1) is 13.8. The van der Waals surface area contributed by atoms with Gasteiger partial charge in [-0.05, 0) is 36.4 Å². The van der Waals surface area contributed by atoms with Gasteiger partial charge in [0.05, 0.1) is 0 Å². The molecule has 0 fully saturated rings. The number of aromatic nitrogens is 2. The van der Waals surface area contributed by atoms with Crippen molar-refractivity contribution in [2.24, 2.45) is 5.84 Å². The molecular weight excluding hydrogens is 256 g/mol. The maximum atomic E-state index is 12.0. The van der Waals surface area contributed by atoms with Gasteiger partial charge in [-0.3, -0.25) is 4.79 Å². The zero-order chi connectivity index (χ0) is 14.5. The second kappa shape index (κ2) is 5.98. The molecule has 0 radical (unpaired) electrons. The molecule has 0 bridgehead atoms. The van der Waals surface area contributed by atoms with Crippen LogP contribution in [-0.2, 0) is 0 Å². The van der Waals surface area contributed by atoms with Gasteiger partial charge < -0.3 is 15.6 Å². The van der Waals surface area contributed by atoms with Gasteiger partial charge in [0.2, 0.25) is 0 Å². The molecule has 1 amide bonds. The Hall–Kier alpha value is -2.67. The Bertz CT molecular complexity index is 579. The van der Waals surface area contributed by atoms with E-state index >= 15 is 0 Å². The smallest absolute Gasteiger partial charge is 0.276 e. The van der Waals surface area contributed by atoms with Gasteiger partial charge in [-0.2, -0.15) is 0 Å². The van der Waals surface area contributed by atoms with Crippen molar-refractivity contribution in [2.75, 3.05) is 29.7 Å². The van der Waals surface area contributed by atoms with Gasteiger partial charge in [0.15, 0.2) is 11.5 Å². The van der Waals surface area contributed by atoms with Crippen molar-refractivity contribution >= 4 is 23.1 Å². The monoisotopic (exact) mass is 272 g/mol. The third-order valence-corrected chi connectivity index (χ3v) is 2.69. The number of carbonyl (C=O) groups is 1. The standard InChI is InChI=1S/C13H16N6O/c1-19(2)10-5-3-9(4-6-10)15-13(20)11-7-8-12(16-14)18-17-11/h3-8H,14H2,1-2H3,(H,15,20)(H,16,18). The van der Waals surface area contributed by atoms with Crippen LogP contribution < -0.4 is 21.5 Å². The summed E-state index contributed by atoms with van der Waals surface area (Å²) in [5.41, 5.74) is 4.33. The fourth-order valence-electron chi connectivity index (χ4n) is 1.57. The van der Waals surface area contributed by atoms with Crippen LogP contribution in [0.5, 0.6) is 0 Å². The number of nitrogen functional groups attached to an aromatic ring is 1. The van der Waals surface area contributed by atoms with E-state index in [4.69, 9.17) is 5.84 Å². The van der Waals surface area contributed by atoms with Gasteiger partial charge in [0.25, 0.3) is 5.91 Å². The van der Waals surface area contributed by atoms with Crippen LogP contribution in [0.2, 0.25) is 0 Å². The Balaban J connectivity index is 2.06. The maximum Gasteiger partial charge on any atom is 0.276 e. The Morgan fingerprint density at radius 3 is 2.30 bits per heavy atom. The van der Waals surface area contributed by atoms with E-state index in [-0.39, 0.29) is 11.6 Å². The van der Waals surface area contributed by atoms with Gasteiger partial charge in [-0.25, -0.2) is 5.84 Å². The molecule has 1 aromatic heterocycles. The largest absolute Gasteiger partial charge is 0.378 e. The van der Waals surface area contributed by atoms with Crippen LogP contribution in [0.15, 0.2) is 36.4 Å². The first-order valence-corrected chi connectivity index (χ1v) is 5.99. The third kappa shape index (κ3) is 3.21. The van der Waals surface area contributed by atoms with E-state index in [1.807, 2.05) is 43.3 Å². The number of hydrogen-bond donors (Lipinski definition) is 3. The summed E-state index contributed by atoms with van der Waals surface area (Å²) < 4.78 is 0. The molecule has 4 N–H and O–H groups in total. The molecule has 2 aromatic rings. The molecule has 0 saturated carbocycles. The van der Waals surface area contributed by atoms with Crippen LogP contribution in [-0.4, -0.2) is 30.2 Å². The topological polar surface area (TPSA) is 96.2 Å². The molecule has 2 rings (SSSR count). The molecule has 0 aliphatic heterocycles. The Labute approximate surface area is 116 Å². The summed E-state index contributed by atoms with van der Waals surface area (Å²) >= 11 is 0. The lowest BCUT2D eigenvalue weighted by Gasteiger charge is -2.12. The van der Waals surface area contributed by atoms with E-state index in [9.17, 15) is 4.79 Å². The Kier molecular flexibility index (Phi) is 4.11. The molecule has 7 nitrogen and oxygen atoms in total. The first-order valence-electron chi connectivity index (χ1n) is 5.99. The second-order valence-corrected chi connectivity index (χ2v) is 4.34. The highest BCUT2D eigenvalue weighted by Gasteiger charge is 2.08. The van der Waals surface area contributed by atoms with Crippen molar-refractivity contribution in [3.05, 3.63) is 42.1 Å². The van der Waals surface area contributed by atoms with Crippen LogP contribution in [0.3, 0.4) is 0 Å². The molecule has 0 aliphatic rings. The summed E-state index contributed by atoms with van der Waals surface area (Å²) in [6.45, 7) is 0. The van der Waals surface area contributed by atoms with Crippen molar-refractivity contribution in [3.63, 3.8) is 0 Å². The number of anilines is 3. The second-order valence-electron chi connectivity index (χ2n) is 4.34. The van der Waals surface area contributed by atoms with Gasteiger partial charge in [-0.1, -0.05) is 0 Å².